The SMILES string of the molecule is CCn1ncc2c(NC3CCOCC3)c(C(=O)NCc3ccccc3C(=O)O)cnc21. The molecule has 1 saturated heterocycles. The minimum absolute atomic E-state index is 0.101. The number of fused-ring (bicyclic) bond motifs is 1. The monoisotopic (exact) mass is 423 g/mol. The molecule has 1 aliphatic heterocycles. The molecule has 9 nitrogen and oxygen atoms in total. The van der Waals surface area contributed by atoms with Gasteiger partial charge in [0.1, 0.15) is 0 Å². The maximum Gasteiger partial charge on any atom is 0.336 e. The molecule has 0 spiro atoms. The van der Waals surface area contributed by atoms with Gasteiger partial charge in [-0.3, -0.25) is 4.79 Å². The highest BCUT2D eigenvalue weighted by Gasteiger charge is 2.22. The van der Waals surface area contributed by atoms with E-state index in [4.69, 9.17) is 4.74 Å². The Morgan fingerprint density at radius 1 is 1.19 bits per heavy atom. The van der Waals surface area contributed by atoms with Crippen LogP contribution in [0.5, 0.6) is 0 Å². The summed E-state index contributed by atoms with van der Waals surface area (Å²) in [4.78, 5) is 29.0. The third-order valence-corrected chi connectivity index (χ3v) is 5.47. The van der Waals surface area contributed by atoms with Gasteiger partial charge in [-0.15, -0.1) is 0 Å². The molecule has 31 heavy (non-hydrogen) atoms. The number of benzene rings is 1. The molecule has 0 radical (unpaired) electrons. The number of hydrogen-bond acceptors (Lipinski definition) is 6. The lowest BCUT2D eigenvalue weighted by Crippen LogP contribution is -2.30. The van der Waals surface area contributed by atoms with Gasteiger partial charge in [-0.1, -0.05) is 18.2 Å². The van der Waals surface area contributed by atoms with Gasteiger partial charge in [0.15, 0.2) is 5.65 Å². The van der Waals surface area contributed by atoms with E-state index in [2.05, 4.69) is 20.7 Å². The lowest BCUT2D eigenvalue weighted by Gasteiger charge is -2.25. The van der Waals surface area contributed by atoms with Crippen LogP contribution in [0.2, 0.25) is 0 Å². The number of aryl methyl sites for hydroxylation is 1. The van der Waals surface area contributed by atoms with Crippen molar-refractivity contribution >= 4 is 28.6 Å². The number of pyridine rings is 1. The average Bonchev–Trinajstić information content (AvgIpc) is 3.22. The van der Waals surface area contributed by atoms with Gasteiger partial charge < -0.3 is 20.5 Å². The average molecular weight is 423 g/mol. The van der Waals surface area contributed by atoms with Crippen LogP contribution in [0.1, 0.15) is 46.0 Å². The summed E-state index contributed by atoms with van der Waals surface area (Å²) in [6, 6.07) is 6.81. The van der Waals surface area contributed by atoms with E-state index < -0.39 is 5.97 Å². The zero-order valence-corrected chi connectivity index (χ0v) is 17.3. The molecule has 4 rings (SSSR count). The third kappa shape index (κ3) is 4.36. The van der Waals surface area contributed by atoms with Crippen molar-refractivity contribution in [3.63, 3.8) is 0 Å². The van der Waals surface area contributed by atoms with E-state index in [1.807, 2.05) is 6.92 Å². The first kappa shape index (κ1) is 20.8. The first-order valence-electron chi connectivity index (χ1n) is 10.4. The van der Waals surface area contributed by atoms with Crippen molar-refractivity contribution in [1.29, 1.82) is 0 Å². The number of carbonyl (C=O) groups excluding carboxylic acids is 1. The molecule has 1 fully saturated rings. The number of nitrogens with zero attached hydrogens (tertiary/aromatic N) is 3. The van der Waals surface area contributed by atoms with E-state index >= 15 is 0 Å². The Labute approximate surface area is 179 Å². The van der Waals surface area contributed by atoms with E-state index in [0.717, 1.165) is 18.2 Å². The molecule has 2 aromatic heterocycles. The summed E-state index contributed by atoms with van der Waals surface area (Å²) in [5.74, 6) is -1.35. The minimum atomic E-state index is -1.03. The van der Waals surface area contributed by atoms with Crippen molar-refractivity contribution in [3.8, 4) is 0 Å². The number of amides is 1. The Morgan fingerprint density at radius 3 is 2.71 bits per heavy atom. The summed E-state index contributed by atoms with van der Waals surface area (Å²) >= 11 is 0. The van der Waals surface area contributed by atoms with E-state index in [-0.39, 0.29) is 24.1 Å². The molecule has 3 aromatic rings. The molecule has 0 bridgehead atoms. The Kier molecular flexibility index (Phi) is 6.13. The van der Waals surface area contributed by atoms with Gasteiger partial charge in [-0.05, 0) is 31.4 Å². The Morgan fingerprint density at radius 2 is 1.97 bits per heavy atom. The molecule has 3 N–H and O–H groups in total. The Hall–Kier alpha value is -3.46. The molecule has 3 heterocycles. The summed E-state index contributed by atoms with van der Waals surface area (Å²) in [5.41, 5.74) is 2.52. The fourth-order valence-electron chi connectivity index (χ4n) is 3.79. The number of ether oxygens (including phenoxy) is 1. The number of anilines is 1. The van der Waals surface area contributed by atoms with Crippen LogP contribution in [-0.2, 0) is 17.8 Å². The van der Waals surface area contributed by atoms with Crippen molar-refractivity contribution in [2.75, 3.05) is 18.5 Å². The van der Waals surface area contributed by atoms with E-state index in [9.17, 15) is 14.7 Å². The second-order valence-corrected chi connectivity index (χ2v) is 7.42. The number of hydrogen-bond donors (Lipinski definition) is 3. The zero-order valence-electron chi connectivity index (χ0n) is 17.3. The molecule has 9 heteroatoms. The van der Waals surface area contributed by atoms with Crippen LogP contribution in [0, 0.1) is 0 Å². The number of carboxylic acids is 1. The van der Waals surface area contributed by atoms with Crippen LogP contribution in [0.4, 0.5) is 5.69 Å². The first-order valence-corrected chi connectivity index (χ1v) is 10.4. The predicted molar refractivity (Wildman–Crippen MR) is 115 cm³/mol. The van der Waals surface area contributed by atoms with Crippen LogP contribution in [0.3, 0.4) is 0 Å². The van der Waals surface area contributed by atoms with Crippen molar-refractivity contribution in [2.24, 2.45) is 0 Å². The molecule has 0 unspecified atom stereocenters. The lowest BCUT2D eigenvalue weighted by atomic mass is 10.1. The van der Waals surface area contributed by atoms with Crippen LogP contribution >= 0.6 is 0 Å². The van der Waals surface area contributed by atoms with Gasteiger partial charge in [-0.25, -0.2) is 14.5 Å². The maximum atomic E-state index is 13.1. The van der Waals surface area contributed by atoms with Gasteiger partial charge >= 0.3 is 5.97 Å². The van der Waals surface area contributed by atoms with Crippen LogP contribution < -0.4 is 10.6 Å². The standard InChI is InChI=1S/C22H25N5O4/c1-2-27-20-17(13-25-27)19(26-15-7-9-31-10-8-15)18(12-23-20)21(28)24-11-14-5-3-4-6-16(14)22(29)30/h3-6,12-13,15H,2,7-11H2,1H3,(H,23,26)(H,24,28)(H,29,30). The quantitative estimate of drug-likeness (QED) is 0.535. The third-order valence-electron chi connectivity index (χ3n) is 5.47. The van der Waals surface area contributed by atoms with E-state index in [0.29, 0.717) is 42.2 Å². The molecule has 0 atom stereocenters. The fraction of sp³-hybridized carbons (Fsp3) is 0.364. The van der Waals surface area contributed by atoms with Crippen LogP contribution in [0.25, 0.3) is 11.0 Å². The Balaban J connectivity index is 1.63. The highest BCUT2D eigenvalue weighted by Crippen LogP contribution is 2.28. The summed E-state index contributed by atoms with van der Waals surface area (Å²) in [6.07, 6.45) is 4.97. The zero-order chi connectivity index (χ0) is 21.8. The number of aromatic nitrogens is 3. The minimum Gasteiger partial charge on any atom is -0.478 e. The normalized spacial score (nSPS) is 14.5. The molecule has 0 aliphatic carbocycles. The van der Waals surface area contributed by atoms with Crippen molar-refractivity contribution in [1.82, 2.24) is 20.1 Å². The molecule has 1 amide bonds. The summed E-state index contributed by atoms with van der Waals surface area (Å²) in [7, 11) is 0. The smallest absolute Gasteiger partial charge is 0.336 e. The lowest BCUT2D eigenvalue weighted by molar-refractivity contribution is 0.0694. The van der Waals surface area contributed by atoms with Crippen LogP contribution in [-0.4, -0.2) is 51.0 Å². The number of rotatable bonds is 7. The molecular formula is C22H25N5O4. The van der Waals surface area contributed by atoms with Gasteiger partial charge in [0.25, 0.3) is 5.91 Å². The number of nitrogens with one attached hydrogen (secondary N) is 2. The van der Waals surface area contributed by atoms with Gasteiger partial charge in [-0.2, -0.15) is 5.10 Å². The largest absolute Gasteiger partial charge is 0.478 e. The number of carboxylic acid groups (broad SMARTS) is 1. The van der Waals surface area contributed by atoms with E-state index in [1.54, 1.807) is 35.3 Å². The molecule has 0 saturated carbocycles. The Bertz CT molecular complexity index is 1100. The fourth-order valence-corrected chi connectivity index (χ4v) is 3.79. The highest BCUT2D eigenvalue weighted by molar-refractivity contribution is 6.06. The summed E-state index contributed by atoms with van der Waals surface area (Å²) in [6.45, 7) is 4.11. The molecule has 1 aliphatic rings. The summed E-state index contributed by atoms with van der Waals surface area (Å²) < 4.78 is 7.23. The predicted octanol–water partition coefficient (Wildman–Crippen LogP) is 2.67. The van der Waals surface area contributed by atoms with Crippen LogP contribution in [0.15, 0.2) is 36.7 Å². The highest BCUT2D eigenvalue weighted by atomic mass is 16.5. The van der Waals surface area contributed by atoms with Crippen molar-refractivity contribution in [2.45, 2.75) is 38.9 Å². The van der Waals surface area contributed by atoms with E-state index in [1.165, 1.54) is 6.07 Å². The first-order chi connectivity index (χ1) is 15.1. The second kappa shape index (κ2) is 9.13. The van der Waals surface area contributed by atoms with Crippen molar-refractivity contribution < 1.29 is 19.4 Å². The number of carbonyl (C=O) groups is 2. The van der Waals surface area contributed by atoms with Gasteiger partial charge in [0.05, 0.1) is 28.4 Å². The van der Waals surface area contributed by atoms with Gasteiger partial charge in [0.2, 0.25) is 0 Å². The topological polar surface area (TPSA) is 118 Å². The molecule has 1 aromatic carbocycles. The number of aromatic carboxylic acids is 1. The van der Waals surface area contributed by atoms with Crippen molar-refractivity contribution in [3.05, 3.63) is 53.3 Å². The van der Waals surface area contributed by atoms with Gasteiger partial charge in [0, 0.05) is 38.5 Å². The second-order valence-electron chi connectivity index (χ2n) is 7.42. The molecular weight excluding hydrogens is 398 g/mol. The maximum absolute atomic E-state index is 13.1. The molecule has 162 valence electrons. The summed E-state index contributed by atoms with van der Waals surface area (Å²) in [5, 5.41) is 20.9.